The van der Waals surface area contributed by atoms with E-state index < -0.39 is 0 Å². The Bertz CT molecular complexity index is 1050. The number of fused-ring (bicyclic) bond motifs is 4. The van der Waals surface area contributed by atoms with Crippen LogP contribution in [0.1, 0.15) is 48.9 Å². The van der Waals surface area contributed by atoms with E-state index in [1.807, 2.05) is 12.1 Å². The van der Waals surface area contributed by atoms with Gasteiger partial charge in [0.2, 0.25) is 0 Å². The Morgan fingerprint density at radius 1 is 1.07 bits per heavy atom. The third-order valence-corrected chi connectivity index (χ3v) is 7.94. The molecule has 5 unspecified atom stereocenters. The molecular weight excluding hydrogens is 356 g/mol. The molecule has 4 aliphatic rings. The number of aromatic hydroxyl groups is 1. The van der Waals surface area contributed by atoms with E-state index in [0.717, 1.165) is 24.8 Å². The van der Waals surface area contributed by atoms with E-state index in [1.54, 1.807) is 5.69 Å². The number of nitrogens with zero attached hydrogens (tertiary/aromatic N) is 2. The van der Waals surface area contributed by atoms with Gasteiger partial charge < -0.3 is 9.67 Å². The summed E-state index contributed by atoms with van der Waals surface area (Å²) in [4.78, 5) is 2.82. The van der Waals surface area contributed by atoms with Crippen LogP contribution in [0.4, 0.5) is 0 Å². The maximum atomic E-state index is 10.3. The van der Waals surface area contributed by atoms with Crippen LogP contribution in [-0.2, 0) is 13.0 Å². The predicted octanol–water partition coefficient (Wildman–Crippen LogP) is 5.16. The third-order valence-electron chi connectivity index (χ3n) is 7.94. The van der Waals surface area contributed by atoms with Crippen molar-refractivity contribution in [2.75, 3.05) is 13.1 Å². The van der Waals surface area contributed by atoms with E-state index >= 15 is 0 Å². The quantitative estimate of drug-likeness (QED) is 0.674. The maximum absolute atomic E-state index is 10.3. The molecule has 1 saturated carbocycles. The van der Waals surface area contributed by atoms with E-state index in [2.05, 4.69) is 52.8 Å². The summed E-state index contributed by atoms with van der Waals surface area (Å²) in [6.07, 6.45) is 5.15. The first-order valence-corrected chi connectivity index (χ1v) is 11.3. The molecule has 0 radical (unpaired) electrons. The van der Waals surface area contributed by atoms with Crippen LogP contribution in [0.25, 0.3) is 10.9 Å². The van der Waals surface area contributed by atoms with Crippen molar-refractivity contribution in [3.63, 3.8) is 0 Å². The molecular formula is C26H30N2O. The molecule has 3 nitrogen and oxygen atoms in total. The van der Waals surface area contributed by atoms with E-state index in [-0.39, 0.29) is 0 Å². The fraction of sp³-hybridized carbons (Fsp3) is 0.462. The lowest BCUT2D eigenvalue weighted by Gasteiger charge is -2.53. The topological polar surface area (TPSA) is 28.4 Å². The third kappa shape index (κ3) is 2.67. The molecule has 5 atom stereocenters. The minimum Gasteiger partial charge on any atom is -0.508 e. The minimum absolute atomic E-state index is 0.387. The number of hydrogen-bond donors (Lipinski definition) is 1. The average Bonchev–Trinajstić information content (AvgIpc) is 2.98. The summed E-state index contributed by atoms with van der Waals surface area (Å²) in [6, 6.07) is 17.6. The monoisotopic (exact) mass is 386 g/mol. The molecule has 3 aliphatic heterocycles. The molecule has 7 rings (SSSR count). The van der Waals surface area contributed by atoms with E-state index in [9.17, 15) is 5.11 Å². The first-order valence-electron chi connectivity index (χ1n) is 11.3. The van der Waals surface area contributed by atoms with E-state index in [4.69, 9.17) is 0 Å². The Morgan fingerprint density at radius 2 is 1.93 bits per heavy atom. The highest BCUT2D eigenvalue weighted by Gasteiger charge is 2.49. The summed E-state index contributed by atoms with van der Waals surface area (Å²) >= 11 is 0. The molecule has 3 heteroatoms. The van der Waals surface area contributed by atoms with Gasteiger partial charge in [0.1, 0.15) is 5.75 Å². The van der Waals surface area contributed by atoms with Gasteiger partial charge in [0.05, 0.1) is 0 Å². The van der Waals surface area contributed by atoms with E-state index in [0.29, 0.717) is 17.7 Å². The largest absolute Gasteiger partial charge is 0.508 e. The van der Waals surface area contributed by atoms with Crippen LogP contribution >= 0.6 is 0 Å². The molecule has 150 valence electrons. The zero-order chi connectivity index (χ0) is 19.5. The molecule has 2 aromatic carbocycles. The summed E-state index contributed by atoms with van der Waals surface area (Å²) in [5, 5.41) is 11.5. The van der Waals surface area contributed by atoms with Gasteiger partial charge in [0.25, 0.3) is 0 Å². The molecule has 3 fully saturated rings. The van der Waals surface area contributed by atoms with E-state index in [1.165, 1.54) is 54.4 Å². The average molecular weight is 387 g/mol. The Balaban J connectivity index is 1.57. The lowest BCUT2D eigenvalue weighted by Crippen LogP contribution is -2.56. The summed E-state index contributed by atoms with van der Waals surface area (Å²) in [6.45, 7) is 5.77. The van der Waals surface area contributed by atoms with Gasteiger partial charge in [-0.2, -0.15) is 0 Å². The summed E-state index contributed by atoms with van der Waals surface area (Å²) in [5.41, 5.74) is 5.72. The molecule has 0 amide bonds. The van der Waals surface area contributed by atoms with Crippen molar-refractivity contribution in [2.45, 2.75) is 51.1 Å². The van der Waals surface area contributed by atoms with Gasteiger partial charge in [-0.25, -0.2) is 0 Å². The zero-order valence-corrected chi connectivity index (χ0v) is 17.2. The number of rotatable bonds is 3. The zero-order valence-electron chi connectivity index (χ0n) is 17.2. The molecule has 0 spiro atoms. The minimum atomic E-state index is 0.387. The van der Waals surface area contributed by atoms with Gasteiger partial charge in [-0.3, -0.25) is 4.90 Å². The summed E-state index contributed by atoms with van der Waals surface area (Å²) < 4.78 is 2.60. The number of phenolic OH excluding ortho intramolecular Hbond substituents is 1. The van der Waals surface area contributed by atoms with Gasteiger partial charge in [-0.15, -0.1) is 0 Å². The molecule has 29 heavy (non-hydrogen) atoms. The number of hydrogen-bond acceptors (Lipinski definition) is 2. The van der Waals surface area contributed by atoms with Crippen LogP contribution in [0.2, 0.25) is 0 Å². The molecule has 1 aliphatic carbocycles. The van der Waals surface area contributed by atoms with Gasteiger partial charge in [-0.05, 0) is 60.4 Å². The van der Waals surface area contributed by atoms with Crippen LogP contribution in [0, 0.1) is 11.8 Å². The van der Waals surface area contributed by atoms with Crippen LogP contribution in [0.5, 0.6) is 5.75 Å². The van der Waals surface area contributed by atoms with Crippen molar-refractivity contribution in [3.8, 4) is 5.75 Å². The van der Waals surface area contributed by atoms with Gasteiger partial charge >= 0.3 is 0 Å². The van der Waals surface area contributed by atoms with Crippen LogP contribution in [0.3, 0.4) is 0 Å². The highest BCUT2D eigenvalue weighted by Crippen LogP contribution is 2.52. The first-order chi connectivity index (χ1) is 14.2. The Morgan fingerprint density at radius 3 is 2.76 bits per heavy atom. The smallest absolute Gasteiger partial charge is 0.116 e. The first kappa shape index (κ1) is 17.6. The highest BCUT2D eigenvalue weighted by molar-refractivity contribution is 5.87. The van der Waals surface area contributed by atoms with Crippen LogP contribution in [-0.4, -0.2) is 33.7 Å². The van der Waals surface area contributed by atoms with Gasteiger partial charge in [0.15, 0.2) is 0 Å². The second kappa shape index (κ2) is 6.63. The number of benzene rings is 2. The number of phenols is 1. The van der Waals surface area contributed by atoms with Crippen molar-refractivity contribution >= 4 is 10.9 Å². The van der Waals surface area contributed by atoms with Gasteiger partial charge in [0, 0.05) is 48.2 Å². The SMILES string of the molecule is CCC1CC2CC3c4c(c5cc(O)ccc5n4Cc4ccccc4)CCN(C2)C13. The molecule has 2 saturated heterocycles. The molecule has 1 aromatic heterocycles. The molecule has 3 aromatic rings. The second-order valence-electron chi connectivity index (χ2n) is 9.48. The van der Waals surface area contributed by atoms with Crippen LogP contribution in [0.15, 0.2) is 48.5 Å². The fourth-order valence-electron chi connectivity index (χ4n) is 6.88. The number of aromatic nitrogens is 1. The summed E-state index contributed by atoms with van der Waals surface area (Å²) in [7, 11) is 0. The van der Waals surface area contributed by atoms with Crippen molar-refractivity contribution in [2.24, 2.45) is 11.8 Å². The molecule has 4 bridgehead atoms. The van der Waals surface area contributed by atoms with Gasteiger partial charge in [-0.1, -0.05) is 43.7 Å². The maximum Gasteiger partial charge on any atom is 0.116 e. The standard InChI is InChI=1S/C26H30N2O/c1-2-19-12-18-13-23-25(19)27(15-18)11-10-21-22-14-20(29)8-9-24(22)28(26(21)23)16-17-6-4-3-5-7-17/h3-9,14,18-19,23,25,29H,2,10-13,15-16H2,1H3. The Kier molecular flexibility index (Phi) is 4.02. The van der Waals surface area contributed by atoms with Crippen molar-refractivity contribution in [3.05, 3.63) is 65.4 Å². The van der Waals surface area contributed by atoms with Crippen LogP contribution < -0.4 is 0 Å². The summed E-state index contributed by atoms with van der Waals surface area (Å²) in [5.74, 6) is 2.69. The molecule has 4 heterocycles. The lowest BCUT2D eigenvalue weighted by molar-refractivity contribution is -0.0141. The Hall–Kier alpha value is -2.26. The van der Waals surface area contributed by atoms with Crippen molar-refractivity contribution in [1.82, 2.24) is 9.47 Å². The number of piperidine rings is 2. The fourth-order valence-corrected chi connectivity index (χ4v) is 6.88. The predicted molar refractivity (Wildman–Crippen MR) is 117 cm³/mol. The molecule has 1 N–H and O–H groups in total. The van der Waals surface area contributed by atoms with Crippen molar-refractivity contribution in [1.29, 1.82) is 0 Å². The lowest BCUT2D eigenvalue weighted by atomic mass is 9.65. The normalized spacial score (nSPS) is 30.3. The highest BCUT2D eigenvalue weighted by atomic mass is 16.3. The Labute approximate surface area is 173 Å². The second-order valence-corrected chi connectivity index (χ2v) is 9.48. The van der Waals surface area contributed by atoms with Crippen molar-refractivity contribution < 1.29 is 5.11 Å².